The number of nitriles is 1. The summed E-state index contributed by atoms with van der Waals surface area (Å²) in [4.78, 5) is 12.0. The molecular weight excluding hydrogens is 386 g/mol. The molecule has 3 rings (SSSR count). The molecule has 0 saturated heterocycles. The Morgan fingerprint density at radius 2 is 1.89 bits per heavy atom. The Morgan fingerprint density at radius 3 is 2.44 bits per heavy atom. The summed E-state index contributed by atoms with van der Waals surface area (Å²) in [7, 11) is -1.03. The molecule has 0 aliphatic heterocycles. The second-order valence-electron chi connectivity index (χ2n) is 6.13. The third kappa shape index (κ3) is 4.59. The van der Waals surface area contributed by atoms with Crippen molar-refractivity contribution >= 4 is 71.7 Å². The predicted molar refractivity (Wildman–Crippen MR) is 111 cm³/mol. The van der Waals surface area contributed by atoms with E-state index in [0.717, 1.165) is 38.3 Å². The molecule has 0 radical (unpaired) electrons. The molecular formula is C21H19CaNO3S. The Kier molecular flexibility index (Phi) is 7.19. The maximum atomic E-state index is 11.5. The summed E-state index contributed by atoms with van der Waals surface area (Å²) in [6, 6.07) is 14.9. The molecule has 0 bridgehead atoms. The van der Waals surface area contributed by atoms with Gasteiger partial charge in [-0.1, -0.05) is 18.2 Å². The molecule has 2 aromatic rings. The normalized spacial score (nSPS) is 15.1. The quantitative estimate of drug-likeness (QED) is 0.782. The number of fused-ring (bicyclic) bond motifs is 1. The van der Waals surface area contributed by atoms with Crippen LogP contribution in [0.25, 0.3) is 17.2 Å². The number of carboxylic acids is 1. The predicted octanol–water partition coefficient (Wildman–Crippen LogP) is 3.94. The number of allylic oxidation sites excluding steroid dienone is 2. The third-order valence-electron chi connectivity index (χ3n) is 4.47. The van der Waals surface area contributed by atoms with Gasteiger partial charge >= 0.3 is 43.7 Å². The zero-order valence-corrected chi connectivity index (χ0v) is 18.2. The van der Waals surface area contributed by atoms with E-state index in [4.69, 9.17) is 5.26 Å². The van der Waals surface area contributed by atoms with Crippen LogP contribution in [0.4, 0.5) is 0 Å². The summed E-state index contributed by atoms with van der Waals surface area (Å²) in [5.41, 5.74) is 5.78. The Morgan fingerprint density at radius 1 is 1.22 bits per heavy atom. The van der Waals surface area contributed by atoms with Crippen LogP contribution in [0.15, 0.2) is 52.9 Å². The molecule has 0 spiro atoms. The van der Waals surface area contributed by atoms with Gasteiger partial charge in [-0.2, -0.15) is 5.26 Å². The van der Waals surface area contributed by atoms with E-state index in [2.05, 4.69) is 6.07 Å². The number of hydrogen-bond acceptors (Lipinski definition) is 3. The van der Waals surface area contributed by atoms with Crippen molar-refractivity contribution in [2.24, 2.45) is 0 Å². The summed E-state index contributed by atoms with van der Waals surface area (Å²) in [6.07, 6.45) is 3.55. The van der Waals surface area contributed by atoms with Gasteiger partial charge in [0.15, 0.2) is 0 Å². The summed E-state index contributed by atoms with van der Waals surface area (Å²) >= 11 is 0. The molecule has 1 unspecified atom stereocenters. The number of rotatable bonds is 4. The van der Waals surface area contributed by atoms with Gasteiger partial charge in [-0.25, -0.2) is 0 Å². The fraction of sp³-hybridized carbons (Fsp3) is 0.143. The van der Waals surface area contributed by atoms with Crippen molar-refractivity contribution in [3.63, 3.8) is 0 Å². The first-order valence-corrected chi connectivity index (χ1v) is 9.58. The SMILES string of the molecule is CC1=C(CC(=O)O)c2cc(C#N)ccc2C1=Cc1ccc(S(C)=O)cc1.[Ca+2].[H-].[H-]. The average Bonchev–Trinajstić information content (AvgIpc) is 2.87. The van der Waals surface area contributed by atoms with E-state index in [1.54, 1.807) is 18.4 Å². The van der Waals surface area contributed by atoms with Gasteiger partial charge in [0.1, 0.15) is 0 Å². The van der Waals surface area contributed by atoms with Crippen molar-refractivity contribution in [3.8, 4) is 6.07 Å². The van der Waals surface area contributed by atoms with Crippen LogP contribution in [0.1, 0.15) is 38.5 Å². The van der Waals surface area contributed by atoms with Crippen LogP contribution in [-0.4, -0.2) is 59.3 Å². The molecule has 0 fully saturated rings. The Labute approximate surface area is 193 Å². The smallest absolute Gasteiger partial charge is 1.00 e. The molecule has 0 heterocycles. The fourth-order valence-electron chi connectivity index (χ4n) is 3.15. The monoisotopic (exact) mass is 405 g/mol. The Balaban J connectivity index is 0.00000261. The van der Waals surface area contributed by atoms with Crippen LogP contribution in [0, 0.1) is 11.3 Å². The van der Waals surface area contributed by atoms with Gasteiger partial charge < -0.3 is 7.96 Å². The van der Waals surface area contributed by atoms with Crippen molar-refractivity contribution in [1.29, 1.82) is 5.26 Å². The average molecular weight is 406 g/mol. The number of carboxylic acid groups (broad SMARTS) is 1. The standard InChI is InChI=1S/C21H17NO3S.Ca.2H/c1-13-18(9-14-3-6-16(7-4-14)26(2)25)17-8-5-15(12-22)10-20(17)19(13)11-21(23)24;;;/h3-10H,11H2,1-2H3,(H,23,24);;;/q;+2;2*-1. The van der Waals surface area contributed by atoms with Gasteiger partial charge in [0.25, 0.3) is 0 Å². The van der Waals surface area contributed by atoms with Crippen molar-refractivity contribution in [2.45, 2.75) is 18.2 Å². The topological polar surface area (TPSA) is 78.2 Å². The summed E-state index contributed by atoms with van der Waals surface area (Å²) in [6.45, 7) is 1.91. The first-order chi connectivity index (χ1) is 12.4. The number of nitrogens with zero attached hydrogens (tertiary/aromatic N) is 1. The van der Waals surface area contributed by atoms with Gasteiger partial charge in [-0.05, 0) is 70.7 Å². The zero-order valence-electron chi connectivity index (χ0n) is 17.2. The summed E-state index contributed by atoms with van der Waals surface area (Å²) in [5.74, 6) is -0.899. The van der Waals surface area contributed by atoms with Crippen molar-refractivity contribution in [1.82, 2.24) is 0 Å². The number of hydrogen-bond donors (Lipinski definition) is 1. The Hall–Kier alpha value is -1.71. The second kappa shape index (κ2) is 8.99. The summed E-state index contributed by atoms with van der Waals surface area (Å²) < 4.78 is 11.5. The van der Waals surface area contributed by atoms with E-state index < -0.39 is 16.8 Å². The van der Waals surface area contributed by atoms with E-state index in [1.165, 1.54) is 0 Å². The fourth-order valence-corrected chi connectivity index (χ4v) is 3.67. The van der Waals surface area contributed by atoms with Gasteiger partial charge in [-0.15, -0.1) is 0 Å². The van der Waals surface area contributed by atoms with Crippen LogP contribution in [0.5, 0.6) is 0 Å². The molecule has 27 heavy (non-hydrogen) atoms. The van der Waals surface area contributed by atoms with Gasteiger partial charge in [0.05, 0.1) is 18.1 Å². The van der Waals surface area contributed by atoms with E-state index >= 15 is 0 Å². The number of aliphatic carboxylic acids is 1. The molecule has 6 heteroatoms. The van der Waals surface area contributed by atoms with E-state index in [-0.39, 0.29) is 47.0 Å². The molecule has 134 valence electrons. The number of carbonyl (C=O) groups is 1. The third-order valence-corrected chi connectivity index (χ3v) is 5.41. The van der Waals surface area contributed by atoms with Crippen LogP contribution in [0.2, 0.25) is 0 Å². The van der Waals surface area contributed by atoms with Crippen molar-refractivity contribution in [3.05, 3.63) is 70.3 Å². The van der Waals surface area contributed by atoms with Crippen LogP contribution in [-0.2, 0) is 15.6 Å². The maximum Gasteiger partial charge on any atom is 2.00 e. The van der Waals surface area contributed by atoms with Crippen LogP contribution in [0.3, 0.4) is 0 Å². The van der Waals surface area contributed by atoms with Crippen molar-refractivity contribution in [2.75, 3.05) is 6.26 Å². The van der Waals surface area contributed by atoms with Gasteiger partial charge in [0.2, 0.25) is 0 Å². The molecule has 1 aliphatic carbocycles. The van der Waals surface area contributed by atoms with Crippen molar-refractivity contribution < 1.29 is 17.0 Å². The van der Waals surface area contributed by atoms with Gasteiger partial charge in [-0.3, -0.25) is 9.00 Å². The maximum absolute atomic E-state index is 11.5. The number of benzene rings is 2. The molecule has 1 atom stereocenters. The molecule has 1 N–H and O–H groups in total. The molecule has 4 nitrogen and oxygen atoms in total. The second-order valence-corrected chi connectivity index (χ2v) is 7.51. The minimum Gasteiger partial charge on any atom is -1.00 e. The first kappa shape index (κ1) is 21.6. The van der Waals surface area contributed by atoms with Gasteiger partial charge in [0, 0.05) is 22.0 Å². The van der Waals surface area contributed by atoms with Crippen LogP contribution < -0.4 is 0 Å². The largest absolute Gasteiger partial charge is 2.00 e. The molecule has 2 aromatic carbocycles. The molecule has 0 amide bonds. The summed E-state index contributed by atoms with van der Waals surface area (Å²) in [5, 5.41) is 18.4. The van der Waals surface area contributed by atoms with E-state index in [1.807, 2.05) is 43.3 Å². The molecule has 0 saturated carbocycles. The van der Waals surface area contributed by atoms with E-state index in [9.17, 15) is 14.1 Å². The molecule has 0 aromatic heterocycles. The zero-order chi connectivity index (χ0) is 18.8. The minimum absolute atomic E-state index is 0. The molecule has 1 aliphatic rings. The minimum atomic E-state index is -1.03. The Bertz CT molecular complexity index is 1040. The first-order valence-electron chi connectivity index (χ1n) is 8.02. The van der Waals surface area contributed by atoms with Crippen LogP contribution >= 0.6 is 0 Å². The van der Waals surface area contributed by atoms with E-state index in [0.29, 0.717) is 5.56 Å².